The van der Waals surface area contributed by atoms with Crippen molar-refractivity contribution in [2.75, 3.05) is 47.9 Å². The van der Waals surface area contributed by atoms with Gasteiger partial charge in [-0.15, -0.1) is 0 Å². The number of thioether (sulfide) groups is 1. The number of ether oxygens (including phenoxy) is 6. The van der Waals surface area contributed by atoms with E-state index in [2.05, 4.69) is 25.9 Å². The molecule has 2 aromatic heterocycles. The number of aromatic nitrogens is 2. The fraction of sp³-hybridized carbons (Fsp3) is 0.235. The van der Waals surface area contributed by atoms with E-state index in [1.165, 1.54) is 47.3 Å². The molecule has 12 nitrogen and oxygen atoms in total. The lowest BCUT2D eigenvalue weighted by atomic mass is 10.1. The number of H-pyrrole nitrogens is 1. The topological polar surface area (TPSA) is 155 Å². The third-order valence-electron chi connectivity index (χ3n) is 7.17. The summed E-state index contributed by atoms with van der Waals surface area (Å²) in [6.07, 6.45) is 0.452. The molecule has 0 saturated carbocycles. The molecule has 0 unspecified atom stereocenters. The Bertz CT molecular complexity index is 2100. The number of aromatic amines is 1. The van der Waals surface area contributed by atoms with Crippen molar-refractivity contribution in [1.82, 2.24) is 9.97 Å². The van der Waals surface area contributed by atoms with Crippen molar-refractivity contribution in [3.8, 4) is 63.1 Å². The highest BCUT2D eigenvalue weighted by molar-refractivity contribution is 9.10. The molecule has 248 valence electrons. The summed E-state index contributed by atoms with van der Waals surface area (Å²) in [7, 11) is 7.41. The van der Waals surface area contributed by atoms with Gasteiger partial charge in [0.25, 0.3) is 5.56 Å². The lowest BCUT2D eigenvalue weighted by Gasteiger charge is -2.17. The molecule has 0 fully saturated rings. The maximum atomic E-state index is 14.0. The zero-order chi connectivity index (χ0) is 34.4. The molecule has 5 rings (SSSR count). The quantitative estimate of drug-likeness (QED) is 0.0803. The molecule has 0 aliphatic heterocycles. The van der Waals surface area contributed by atoms with Crippen molar-refractivity contribution in [2.24, 2.45) is 0 Å². The van der Waals surface area contributed by atoms with Gasteiger partial charge in [0.05, 0.1) is 47.8 Å². The highest BCUT2D eigenvalue weighted by Gasteiger charge is 2.24. The molecule has 0 aliphatic carbocycles. The molecule has 0 saturated heterocycles. The summed E-state index contributed by atoms with van der Waals surface area (Å²) in [5.74, 6) is 2.31. The lowest BCUT2D eigenvalue weighted by molar-refractivity contribution is 0.309. The number of hydrogen-bond donors (Lipinski definition) is 1. The smallest absolute Gasteiger partial charge is 0.270 e. The van der Waals surface area contributed by atoms with E-state index in [4.69, 9.17) is 32.8 Å². The normalized spacial score (nSPS) is 10.8. The molecule has 1 N–H and O–H groups in total. The number of hydrogen-bond acceptors (Lipinski definition) is 12. The van der Waals surface area contributed by atoms with Crippen molar-refractivity contribution >= 4 is 38.7 Å². The van der Waals surface area contributed by atoms with Crippen LogP contribution in [0, 0.1) is 11.3 Å². The first-order valence-corrected chi connectivity index (χ1v) is 16.1. The fourth-order valence-electron chi connectivity index (χ4n) is 4.90. The molecule has 0 atom stereocenters. The van der Waals surface area contributed by atoms with Crippen LogP contribution in [-0.2, 0) is 0 Å². The Labute approximate surface area is 287 Å². The monoisotopic (exact) mass is 735 g/mol. The van der Waals surface area contributed by atoms with Gasteiger partial charge >= 0.3 is 0 Å². The van der Waals surface area contributed by atoms with Gasteiger partial charge < -0.3 is 37.8 Å². The van der Waals surface area contributed by atoms with Gasteiger partial charge in [0.1, 0.15) is 34.1 Å². The van der Waals surface area contributed by atoms with E-state index in [-0.39, 0.29) is 40.4 Å². The van der Waals surface area contributed by atoms with Gasteiger partial charge in [-0.2, -0.15) is 5.26 Å². The highest BCUT2D eigenvalue weighted by Crippen LogP contribution is 2.44. The summed E-state index contributed by atoms with van der Waals surface area (Å²) in [6.45, 7) is 0.110. The largest absolute Gasteiger partial charge is 0.496 e. The molecular formula is C34H30BrN3O9S. The Morgan fingerprint density at radius 3 is 2.17 bits per heavy atom. The molecule has 0 radical (unpaired) electrons. The lowest BCUT2D eigenvalue weighted by Crippen LogP contribution is -2.15. The first-order valence-electron chi connectivity index (χ1n) is 14.4. The van der Waals surface area contributed by atoms with Gasteiger partial charge in [0.2, 0.25) is 16.9 Å². The molecule has 0 bridgehead atoms. The number of fused-ring (bicyclic) bond motifs is 1. The van der Waals surface area contributed by atoms with E-state index in [9.17, 15) is 14.9 Å². The molecule has 14 heteroatoms. The van der Waals surface area contributed by atoms with E-state index in [0.717, 1.165) is 4.47 Å². The molecule has 5 aromatic rings. The van der Waals surface area contributed by atoms with Crippen molar-refractivity contribution in [3.63, 3.8) is 0 Å². The summed E-state index contributed by atoms with van der Waals surface area (Å²) in [5, 5.41) is 10.1. The van der Waals surface area contributed by atoms with Gasteiger partial charge in [-0.05, 0) is 30.7 Å². The number of methoxy groups -OCH3 is 5. The average Bonchev–Trinajstić information content (AvgIpc) is 3.10. The minimum absolute atomic E-state index is 0.0485. The van der Waals surface area contributed by atoms with Crippen LogP contribution in [0.15, 0.2) is 72.2 Å². The standard InChI is InChI=1S/C34H30BrN3O9S/c1-41-21-15-23(42-2)27-24(16-21)47-30(19-13-25(43-3)31(45-5)26(14-19)44-4)32(29(27)39)46-11-6-12-48-34-37-28(22(17-36)33(40)38-34)18-7-9-20(35)10-8-18/h7-10,13-16H,6,11-12H2,1-5H3,(H,37,38,40). The minimum Gasteiger partial charge on any atom is -0.496 e. The number of nitriles is 1. The van der Waals surface area contributed by atoms with E-state index >= 15 is 0 Å². The van der Waals surface area contributed by atoms with Crippen LogP contribution in [0.2, 0.25) is 0 Å². The van der Waals surface area contributed by atoms with E-state index in [1.807, 2.05) is 18.2 Å². The molecule has 3 aromatic carbocycles. The third-order valence-corrected chi connectivity index (χ3v) is 8.66. The zero-order valence-corrected chi connectivity index (χ0v) is 29.0. The Kier molecular flexibility index (Phi) is 10.8. The number of nitrogens with one attached hydrogen (secondary N) is 1. The predicted molar refractivity (Wildman–Crippen MR) is 184 cm³/mol. The van der Waals surface area contributed by atoms with Crippen LogP contribution in [0.3, 0.4) is 0 Å². The second-order valence-electron chi connectivity index (χ2n) is 9.97. The summed E-state index contributed by atoms with van der Waals surface area (Å²) in [4.78, 5) is 33.9. The summed E-state index contributed by atoms with van der Waals surface area (Å²) in [5.41, 5.74) is 0.543. The number of rotatable bonds is 13. The van der Waals surface area contributed by atoms with Crippen LogP contribution in [0.25, 0.3) is 33.6 Å². The first kappa shape index (κ1) is 34.2. The van der Waals surface area contributed by atoms with Crippen molar-refractivity contribution in [1.29, 1.82) is 5.26 Å². The van der Waals surface area contributed by atoms with Gasteiger partial charge in [-0.3, -0.25) is 9.59 Å². The Morgan fingerprint density at radius 1 is 0.875 bits per heavy atom. The average molecular weight is 737 g/mol. The number of benzene rings is 3. The maximum Gasteiger partial charge on any atom is 0.270 e. The summed E-state index contributed by atoms with van der Waals surface area (Å²) >= 11 is 4.68. The van der Waals surface area contributed by atoms with Gasteiger partial charge in [-0.25, -0.2) is 4.98 Å². The van der Waals surface area contributed by atoms with Crippen LogP contribution >= 0.6 is 27.7 Å². The number of halogens is 1. The van der Waals surface area contributed by atoms with Crippen LogP contribution in [0.1, 0.15) is 12.0 Å². The fourth-order valence-corrected chi connectivity index (χ4v) is 5.94. The summed E-state index contributed by atoms with van der Waals surface area (Å²) in [6, 6.07) is 15.6. The van der Waals surface area contributed by atoms with Gasteiger partial charge in [0, 0.05) is 33.5 Å². The zero-order valence-electron chi connectivity index (χ0n) is 26.6. The molecule has 0 amide bonds. The third kappa shape index (κ3) is 6.92. The minimum atomic E-state index is -0.529. The van der Waals surface area contributed by atoms with Crippen LogP contribution < -0.4 is 39.4 Å². The van der Waals surface area contributed by atoms with Gasteiger partial charge in [0.15, 0.2) is 22.4 Å². The Morgan fingerprint density at radius 2 is 1.56 bits per heavy atom. The first-order chi connectivity index (χ1) is 23.3. The van der Waals surface area contributed by atoms with Gasteiger partial charge in [-0.1, -0.05) is 39.8 Å². The predicted octanol–water partition coefficient (Wildman–Crippen LogP) is 6.45. The Hall–Kier alpha value is -5.13. The molecule has 0 spiro atoms. The number of nitrogens with zero attached hydrogens (tertiary/aromatic N) is 2. The summed E-state index contributed by atoms with van der Waals surface area (Å²) < 4.78 is 40.7. The Balaban J connectivity index is 1.46. The SMILES string of the molecule is COc1cc(OC)c2c(=O)c(OCCCSc3nc(-c4ccc(Br)cc4)c(C#N)c(=O)[nH]3)c(-c3cc(OC)c(OC)c(OC)c3)oc2c1. The molecule has 2 heterocycles. The van der Waals surface area contributed by atoms with E-state index in [0.29, 0.717) is 57.1 Å². The maximum absolute atomic E-state index is 14.0. The molecule has 48 heavy (non-hydrogen) atoms. The van der Waals surface area contributed by atoms with Crippen LogP contribution in [0.4, 0.5) is 0 Å². The second kappa shape index (κ2) is 15.2. The van der Waals surface area contributed by atoms with Crippen LogP contribution in [-0.4, -0.2) is 57.9 Å². The van der Waals surface area contributed by atoms with Crippen molar-refractivity contribution in [2.45, 2.75) is 11.6 Å². The molecule has 0 aliphatic rings. The van der Waals surface area contributed by atoms with Crippen molar-refractivity contribution < 1.29 is 32.8 Å². The van der Waals surface area contributed by atoms with E-state index < -0.39 is 11.0 Å². The van der Waals surface area contributed by atoms with E-state index in [1.54, 1.807) is 36.4 Å². The van der Waals surface area contributed by atoms with Crippen molar-refractivity contribution in [3.05, 3.63) is 79.1 Å². The van der Waals surface area contributed by atoms with Crippen LogP contribution in [0.5, 0.6) is 34.5 Å². The second-order valence-corrected chi connectivity index (χ2v) is 12.0. The highest BCUT2D eigenvalue weighted by atomic mass is 79.9. The molecular weight excluding hydrogens is 706 g/mol.